The molecule has 1 atom stereocenters. The standard InChI is InChI=1S/C21H17BrN2O4/c1-21(28-20(23)26,24-19(25)16-10-11-17(22)27-16)18-14-8-4-2-6-12(14)13-7-3-5-9-15(13)18/h2-11,18H,1H3,(H2,23,26)(H,24,25). The van der Waals surface area contributed by atoms with Gasteiger partial charge in [-0.3, -0.25) is 4.79 Å². The molecule has 0 saturated heterocycles. The van der Waals surface area contributed by atoms with Crippen LogP contribution in [0.1, 0.15) is 34.5 Å². The Hall–Kier alpha value is -3.06. The summed E-state index contributed by atoms with van der Waals surface area (Å²) in [7, 11) is 0. The molecule has 1 aromatic heterocycles. The Labute approximate surface area is 169 Å². The van der Waals surface area contributed by atoms with Crippen molar-refractivity contribution >= 4 is 27.9 Å². The van der Waals surface area contributed by atoms with Crippen LogP contribution in [-0.4, -0.2) is 17.7 Å². The molecule has 0 fully saturated rings. The first-order valence-corrected chi connectivity index (χ1v) is 9.43. The zero-order valence-electron chi connectivity index (χ0n) is 14.9. The summed E-state index contributed by atoms with van der Waals surface area (Å²) in [5.74, 6) is -0.864. The predicted octanol–water partition coefficient (Wildman–Crippen LogP) is 4.40. The van der Waals surface area contributed by atoms with Crippen LogP contribution < -0.4 is 11.1 Å². The quantitative estimate of drug-likeness (QED) is 0.587. The van der Waals surface area contributed by atoms with Gasteiger partial charge >= 0.3 is 6.09 Å². The number of fused-ring (bicyclic) bond motifs is 3. The molecule has 28 heavy (non-hydrogen) atoms. The zero-order chi connectivity index (χ0) is 19.9. The molecule has 1 unspecified atom stereocenters. The van der Waals surface area contributed by atoms with Crippen molar-refractivity contribution in [3.8, 4) is 11.1 Å². The monoisotopic (exact) mass is 440 g/mol. The highest BCUT2D eigenvalue weighted by atomic mass is 79.9. The third kappa shape index (κ3) is 3.07. The molecule has 6 nitrogen and oxygen atoms in total. The molecule has 0 spiro atoms. The highest BCUT2D eigenvalue weighted by Crippen LogP contribution is 2.49. The van der Waals surface area contributed by atoms with E-state index >= 15 is 0 Å². The zero-order valence-corrected chi connectivity index (χ0v) is 16.5. The molecule has 142 valence electrons. The lowest BCUT2D eigenvalue weighted by Crippen LogP contribution is -2.54. The summed E-state index contributed by atoms with van der Waals surface area (Å²) in [6.07, 6.45) is -0.981. The Morgan fingerprint density at radius 1 is 1.04 bits per heavy atom. The fourth-order valence-electron chi connectivity index (χ4n) is 3.84. The summed E-state index contributed by atoms with van der Waals surface area (Å²) in [4.78, 5) is 24.5. The van der Waals surface area contributed by atoms with Gasteiger partial charge in [0.15, 0.2) is 16.2 Å². The van der Waals surface area contributed by atoms with Crippen LogP contribution in [0.2, 0.25) is 0 Å². The fraction of sp³-hybridized carbons (Fsp3) is 0.143. The highest BCUT2D eigenvalue weighted by molar-refractivity contribution is 9.10. The molecule has 0 radical (unpaired) electrons. The summed E-state index contributed by atoms with van der Waals surface area (Å²) in [5, 5.41) is 2.80. The number of nitrogens with one attached hydrogen (secondary N) is 1. The van der Waals surface area contributed by atoms with Crippen LogP contribution >= 0.6 is 15.9 Å². The molecule has 3 aromatic rings. The van der Waals surface area contributed by atoms with E-state index in [0.717, 1.165) is 22.3 Å². The Morgan fingerprint density at radius 2 is 1.61 bits per heavy atom. The van der Waals surface area contributed by atoms with Gasteiger partial charge < -0.3 is 20.2 Å². The molecule has 1 aliphatic carbocycles. The van der Waals surface area contributed by atoms with E-state index in [4.69, 9.17) is 14.9 Å². The molecule has 3 N–H and O–H groups in total. The van der Waals surface area contributed by atoms with Crippen molar-refractivity contribution in [2.75, 3.05) is 0 Å². The molecule has 4 rings (SSSR count). The van der Waals surface area contributed by atoms with E-state index in [1.807, 2.05) is 48.5 Å². The van der Waals surface area contributed by atoms with Crippen molar-refractivity contribution < 1.29 is 18.7 Å². The van der Waals surface area contributed by atoms with Crippen molar-refractivity contribution in [1.82, 2.24) is 5.32 Å². The van der Waals surface area contributed by atoms with E-state index in [1.54, 1.807) is 13.0 Å². The molecule has 2 amide bonds. The summed E-state index contributed by atoms with van der Waals surface area (Å²) in [6, 6.07) is 18.8. The van der Waals surface area contributed by atoms with E-state index in [-0.39, 0.29) is 5.76 Å². The number of furan rings is 1. The molecule has 1 heterocycles. The molecular weight excluding hydrogens is 424 g/mol. The smallest absolute Gasteiger partial charge is 0.406 e. The highest BCUT2D eigenvalue weighted by Gasteiger charge is 2.46. The SMILES string of the molecule is CC(NC(=O)c1ccc(Br)o1)(OC(N)=O)C1c2ccccc2-c2ccccc21. The molecule has 7 heteroatoms. The Morgan fingerprint density at radius 3 is 2.11 bits per heavy atom. The van der Waals surface area contributed by atoms with Crippen LogP contribution in [-0.2, 0) is 4.74 Å². The second-order valence-corrected chi connectivity index (χ2v) is 7.48. The average molecular weight is 441 g/mol. The van der Waals surface area contributed by atoms with Crippen molar-refractivity contribution in [3.63, 3.8) is 0 Å². The van der Waals surface area contributed by atoms with Gasteiger partial charge in [0.25, 0.3) is 5.91 Å². The number of carbonyl (C=O) groups excluding carboxylic acids is 2. The maximum absolute atomic E-state index is 12.8. The van der Waals surface area contributed by atoms with E-state index in [9.17, 15) is 9.59 Å². The van der Waals surface area contributed by atoms with Gasteiger partial charge in [0.2, 0.25) is 0 Å². The Kier molecular flexibility index (Phi) is 4.47. The van der Waals surface area contributed by atoms with Crippen LogP contribution in [0, 0.1) is 0 Å². The van der Waals surface area contributed by atoms with Crippen molar-refractivity contribution in [1.29, 1.82) is 0 Å². The normalized spacial score (nSPS) is 14.6. The van der Waals surface area contributed by atoms with Crippen molar-refractivity contribution in [2.45, 2.75) is 18.6 Å². The van der Waals surface area contributed by atoms with E-state index in [0.29, 0.717) is 4.67 Å². The van der Waals surface area contributed by atoms with Gasteiger partial charge in [-0.05, 0) is 57.2 Å². The summed E-state index contributed by atoms with van der Waals surface area (Å²) >= 11 is 3.18. The number of amides is 2. The maximum Gasteiger partial charge on any atom is 0.406 e. The number of carbonyl (C=O) groups is 2. The summed E-state index contributed by atoms with van der Waals surface area (Å²) < 4.78 is 11.2. The van der Waals surface area contributed by atoms with Gasteiger partial charge in [0, 0.05) is 0 Å². The third-order valence-corrected chi connectivity index (χ3v) is 5.28. The number of primary amides is 1. The van der Waals surface area contributed by atoms with Crippen molar-refractivity contribution in [2.24, 2.45) is 5.73 Å². The van der Waals surface area contributed by atoms with Crippen LogP contribution in [0.25, 0.3) is 11.1 Å². The second-order valence-electron chi connectivity index (χ2n) is 6.69. The topological polar surface area (TPSA) is 94.6 Å². The number of ether oxygens (including phenoxy) is 1. The Bertz CT molecular complexity index is 1030. The second kappa shape index (κ2) is 6.83. The van der Waals surface area contributed by atoms with Gasteiger partial charge in [-0.25, -0.2) is 4.79 Å². The van der Waals surface area contributed by atoms with E-state index in [2.05, 4.69) is 21.2 Å². The minimum absolute atomic E-state index is 0.0886. The number of hydrogen-bond donors (Lipinski definition) is 2. The number of nitrogens with two attached hydrogens (primary N) is 1. The number of rotatable bonds is 4. The van der Waals surface area contributed by atoms with Crippen LogP contribution in [0.15, 0.2) is 69.8 Å². The van der Waals surface area contributed by atoms with Gasteiger partial charge in [-0.15, -0.1) is 0 Å². The van der Waals surface area contributed by atoms with E-state index < -0.39 is 23.6 Å². The largest absolute Gasteiger partial charge is 0.444 e. The average Bonchev–Trinajstić information content (AvgIpc) is 3.22. The minimum Gasteiger partial charge on any atom is -0.444 e. The first kappa shape index (κ1) is 18.3. The van der Waals surface area contributed by atoms with Gasteiger partial charge in [-0.2, -0.15) is 0 Å². The summed E-state index contributed by atoms with van der Waals surface area (Å²) in [6.45, 7) is 1.64. The predicted molar refractivity (Wildman–Crippen MR) is 107 cm³/mol. The van der Waals surface area contributed by atoms with E-state index in [1.165, 1.54) is 6.07 Å². The first-order chi connectivity index (χ1) is 13.4. The lowest BCUT2D eigenvalue weighted by Gasteiger charge is -2.36. The molecule has 0 bridgehead atoms. The van der Waals surface area contributed by atoms with Gasteiger partial charge in [-0.1, -0.05) is 48.5 Å². The van der Waals surface area contributed by atoms with Gasteiger partial charge in [0.05, 0.1) is 5.92 Å². The van der Waals surface area contributed by atoms with Crippen LogP contribution in [0.4, 0.5) is 4.79 Å². The summed E-state index contributed by atoms with van der Waals surface area (Å²) in [5.41, 5.74) is 7.86. The number of hydrogen-bond acceptors (Lipinski definition) is 4. The fourth-order valence-corrected chi connectivity index (χ4v) is 4.14. The van der Waals surface area contributed by atoms with Crippen LogP contribution in [0.3, 0.4) is 0 Å². The molecule has 2 aromatic carbocycles. The van der Waals surface area contributed by atoms with Crippen LogP contribution in [0.5, 0.6) is 0 Å². The maximum atomic E-state index is 12.8. The number of halogens is 1. The van der Waals surface area contributed by atoms with Gasteiger partial charge in [0.1, 0.15) is 0 Å². The molecule has 0 saturated carbocycles. The molecule has 1 aliphatic rings. The first-order valence-electron chi connectivity index (χ1n) is 8.63. The molecular formula is C21H17BrN2O4. The lowest BCUT2D eigenvalue weighted by molar-refractivity contribution is -0.00551. The number of benzene rings is 2. The minimum atomic E-state index is -1.43. The Balaban J connectivity index is 1.81. The molecule has 0 aliphatic heterocycles. The third-order valence-electron chi connectivity index (χ3n) is 4.86. The van der Waals surface area contributed by atoms with Crippen molar-refractivity contribution in [3.05, 3.63) is 82.2 Å². The lowest BCUT2D eigenvalue weighted by atomic mass is 9.87.